The first-order valence-electron chi connectivity index (χ1n) is 3.45. The van der Waals surface area contributed by atoms with Crippen LogP contribution in [0.3, 0.4) is 0 Å². The molecule has 0 saturated heterocycles. The highest BCUT2D eigenvalue weighted by molar-refractivity contribution is 5.50. The summed E-state index contributed by atoms with van der Waals surface area (Å²) in [5.74, 6) is 0. The molecule has 0 fully saturated rings. The molecule has 0 aliphatic rings. The topological polar surface area (TPSA) is 61.8 Å². The van der Waals surface area contributed by atoms with Gasteiger partial charge in [-0.2, -0.15) is 5.10 Å². The molecule has 0 spiro atoms. The smallest absolute Gasteiger partial charge is 0.142 e. The molecule has 0 amide bonds. The summed E-state index contributed by atoms with van der Waals surface area (Å²) in [4.78, 5) is 0. The van der Waals surface area contributed by atoms with Gasteiger partial charge in [-0.3, -0.25) is 5.01 Å². The Morgan fingerprint density at radius 3 is 2.60 bits per heavy atom. The summed E-state index contributed by atoms with van der Waals surface area (Å²) in [5, 5.41) is 14.5. The molecule has 0 aliphatic heterocycles. The fourth-order valence-electron chi connectivity index (χ4n) is 0.666. The summed E-state index contributed by atoms with van der Waals surface area (Å²) in [7, 11) is 0. The quantitative estimate of drug-likeness (QED) is 0.252. The van der Waals surface area contributed by atoms with Crippen molar-refractivity contribution in [3.63, 3.8) is 0 Å². The van der Waals surface area contributed by atoms with Crippen molar-refractivity contribution in [3.8, 4) is 0 Å². The van der Waals surface area contributed by atoms with Crippen LogP contribution >= 0.6 is 0 Å². The number of hydrogen-bond acceptors (Lipinski definition) is 3. The van der Waals surface area contributed by atoms with Crippen molar-refractivity contribution in [1.82, 2.24) is 5.01 Å². The molecule has 0 bridgehead atoms. The van der Waals surface area contributed by atoms with E-state index in [0.29, 0.717) is 13.0 Å². The van der Waals surface area contributed by atoms with E-state index in [1.54, 1.807) is 0 Å². The van der Waals surface area contributed by atoms with Crippen LogP contribution in [-0.4, -0.2) is 29.2 Å². The summed E-state index contributed by atoms with van der Waals surface area (Å²) in [6.45, 7) is 4.47. The largest absolute Gasteiger partial charge is 0.388 e. The molecule has 1 unspecified atom stereocenters. The second-order valence-electron chi connectivity index (χ2n) is 1.91. The van der Waals surface area contributed by atoms with Gasteiger partial charge in [-0.05, 0) is 13.3 Å². The van der Waals surface area contributed by atoms with E-state index in [4.69, 9.17) is 5.73 Å². The van der Waals surface area contributed by atoms with Gasteiger partial charge in [0.2, 0.25) is 0 Å². The third-order valence-corrected chi connectivity index (χ3v) is 1.25. The Morgan fingerprint density at radius 1 is 1.70 bits per heavy atom. The molecular weight excluding hydrogens is 130 g/mol. The fourth-order valence-corrected chi connectivity index (χ4v) is 0.666. The lowest BCUT2D eigenvalue weighted by Gasteiger charge is -2.21. The van der Waals surface area contributed by atoms with Crippen molar-refractivity contribution in [1.29, 1.82) is 0 Å². The maximum Gasteiger partial charge on any atom is 0.142 e. The highest BCUT2D eigenvalue weighted by Crippen LogP contribution is 1.98. The van der Waals surface area contributed by atoms with Gasteiger partial charge < -0.3 is 10.8 Å². The molecule has 4 heteroatoms. The molecule has 0 aliphatic carbocycles. The number of hydrogen-bond donors (Lipinski definition) is 2. The van der Waals surface area contributed by atoms with Crippen molar-refractivity contribution in [2.45, 2.75) is 26.5 Å². The first-order chi connectivity index (χ1) is 4.76. The number of aliphatic hydroxyl groups is 1. The minimum Gasteiger partial charge on any atom is -0.388 e. The molecule has 0 heterocycles. The zero-order valence-electron chi connectivity index (χ0n) is 6.49. The molecule has 60 valence electrons. The minimum atomic E-state index is -0.509. The first kappa shape index (κ1) is 9.23. The van der Waals surface area contributed by atoms with Gasteiger partial charge in [-0.15, -0.1) is 0 Å². The lowest BCUT2D eigenvalue weighted by molar-refractivity contribution is 0.00673. The van der Waals surface area contributed by atoms with Gasteiger partial charge in [-0.25, -0.2) is 0 Å². The molecule has 0 rings (SSSR count). The van der Waals surface area contributed by atoms with Crippen molar-refractivity contribution < 1.29 is 5.11 Å². The second kappa shape index (κ2) is 5.05. The molecule has 1 atom stereocenters. The molecule has 10 heavy (non-hydrogen) atoms. The Kier molecular flexibility index (Phi) is 4.66. The Labute approximate surface area is 61.3 Å². The van der Waals surface area contributed by atoms with Crippen LogP contribution in [0.15, 0.2) is 5.10 Å². The van der Waals surface area contributed by atoms with Crippen LogP contribution in [0, 0.1) is 0 Å². The molecule has 3 N–H and O–H groups in total. The van der Waals surface area contributed by atoms with Gasteiger partial charge >= 0.3 is 0 Å². The maximum atomic E-state index is 9.21. The van der Waals surface area contributed by atoms with Crippen LogP contribution in [-0.2, 0) is 0 Å². The van der Waals surface area contributed by atoms with Crippen molar-refractivity contribution in [2.24, 2.45) is 10.8 Å². The van der Waals surface area contributed by atoms with Crippen LogP contribution in [0.5, 0.6) is 0 Å². The first-order valence-corrected chi connectivity index (χ1v) is 3.45. The van der Waals surface area contributed by atoms with Crippen LogP contribution in [0.1, 0.15) is 20.3 Å². The normalized spacial score (nSPS) is 13.9. The summed E-state index contributed by atoms with van der Waals surface area (Å²) < 4.78 is 0. The lowest BCUT2D eigenvalue weighted by atomic mass is 10.4. The molecule has 0 radical (unpaired) electrons. The van der Waals surface area contributed by atoms with E-state index in [2.05, 4.69) is 5.10 Å². The summed E-state index contributed by atoms with van der Waals surface area (Å²) in [6.07, 6.45) is 1.33. The molecule has 0 aromatic heterocycles. The Hall–Kier alpha value is -0.770. The predicted octanol–water partition coefficient (Wildman–Crippen LogP) is -0.0613. The summed E-state index contributed by atoms with van der Waals surface area (Å²) >= 11 is 0. The average molecular weight is 145 g/mol. The van der Waals surface area contributed by atoms with Crippen LogP contribution in [0.25, 0.3) is 0 Å². The Morgan fingerprint density at radius 2 is 2.30 bits per heavy atom. The molecular formula is C6H15N3O. The van der Waals surface area contributed by atoms with Gasteiger partial charge in [0, 0.05) is 6.54 Å². The number of nitrogens with zero attached hydrogens (tertiary/aromatic N) is 2. The SMILES string of the molecule is CCC(O)N(CC)/N=C\N. The zero-order valence-corrected chi connectivity index (χ0v) is 6.49. The van der Waals surface area contributed by atoms with E-state index in [0.717, 1.165) is 0 Å². The average Bonchev–Trinajstić information content (AvgIpc) is 1.99. The molecule has 0 aromatic carbocycles. The van der Waals surface area contributed by atoms with E-state index < -0.39 is 6.23 Å². The van der Waals surface area contributed by atoms with Crippen LogP contribution < -0.4 is 5.73 Å². The zero-order chi connectivity index (χ0) is 7.98. The summed E-state index contributed by atoms with van der Waals surface area (Å²) in [5.41, 5.74) is 5.05. The standard InChI is InChI=1S/C6H15N3O/c1-3-6(10)9(4-2)8-5-7/h5-6,10H,3-4H2,1-2H3,(H2,7,8). The van der Waals surface area contributed by atoms with Gasteiger partial charge in [0.1, 0.15) is 12.6 Å². The Balaban J connectivity index is 3.79. The van der Waals surface area contributed by atoms with Crippen LogP contribution in [0.4, 0.5) is 0 Å². The van der Waals surface area contributed by atoms with Crippen molar-refractivity contribution in [2.75, 3.05) is 6.54 Å². The number of nitrogens with two attached hydrogens (primary N) is 1. The van der Waals surface area contributed by atoms with Crippen LogP contribution in [0.2, 0.25) is 0 Å². The monoisotopic (exact) mass is 145 g/mol. The third kappa shape index (κ3) is 2.68. The highest BCUT2D eigenvalue weighted by atomic mass is 16.3. The number of aliphatic hydroxyl groups excluding tert-OH is 1. The lowest BCUT2D eigenvalue weighted by Crippen LogP contribution is -2.30. The van der Waals surface area contributed by atoms with E-state index in [9.17, 15) is 5.11 Å². The van der Waals surface area contributed by atoms with Gasteiger partial charge in [-0.1, -0.05) is 6.92 Å². The van der Waals surface area contributed by atoms with Gasteiger partial charge in [0.15, 0.2) is 0 Å². The van der Waals surface area contributed by atoms with Gasteiger partial charge in [0.25, 0.3) is 0 Å². The molecule has 0 saturated carbocycles. The van der Waals surface area contributed by atoms with E-state index in [1.807, 2.05) is 13.8 Å². The second-order valence-corrected chi connectivity index (χ2v) is 1.91. The third-order valence-electron chi connectivity index (χ3n) is 1.25. The van der Waals surface area contributed by atoms with E-state index in [1.165, 1.54) is 11.3 Å². The fraction of sp³-hybridized carbons (Fsp3) is 0.833. The minimum absolute atomic E-state index is 0.509. The van der Waals surface area contributed by atoms with E-state index in [-0.39, 0.29) is 0 Å². The predicted molar refractivity (Wildman–Crippen MR) is 41.4 cm³/mol. The molecule has 4 nitrogen and oxygen atoms in total. The van der Waals surface area contributed by atoms with Gasteiger partial charge in [0.05, 0.1) is 0 Å². The highest BCUT2D eigenvalue weighted by Gasteiger charge is 2.06. The molecule has 0 aromatic rings. The summed E-state index contributed by atoms with van der Waals surface area (Å²) in [6, 6.07) is 0. The van der Waals surface area contributed by atoms with Crippen molar-refractivity contribution in [3.05, 3.63) is 0 Å². The Bertz CT molecular complexity index is 105. The number of rotatable bonds is 4. The maximum absolute atomic E-state index is 9.21. The number of hydrazone groups is 1. The van der Waals surface area contributed by atoms with E-state index >= 15 is 0 Å². The van der Waals surface area contributed by atoms with Crippen molar-refractivity contribution >= 4 is 6.34 Å².